The molecule has 0 atom stereocenters. The van der Waals surface area contributed by atoms with E-state index in [4.69, 9.17) is 16.8 Å². The monoisotopic (exact) mass is 574 g/mol. The van der Waals surface area contributed by atoms with E-state index in [9.17, 15) is 19.6 Å². The number of thiazole rings is 1. The molecule has 40 heavy (non-hydrogen) atoms. The van der Waals surface area contributed by atoms with E-state index in [0.29, 0.717) is 33.3 Å². The zero-order valence-electron chi connectivity index (χ0n) is 21.1. The quantitative estimate of drug-likeness (QED) is 0.186. The molecule has 0 fully saturated rings. The predicted molar refractivity (Wildman–Crippen MR) is 154 cm³/mol. The Morgan fingerprint density at radius 2 is 1.73 bits per heavy atom. The molecule has 1 aliphatic heterocycles. The van der Waals surface area contributed by atoms with Gasteiger partial charge in [-0.15, -0.1) is 11.3 Å². The van der Waals surface area contributed by atoms with Gasteiger partial charge in [0.05, 0.1) is 17.1 Å². The highest BCUT2D eigenvalue weighted by Gasteiger charge is 2.39. The SMILES string of the molecule is Cc1ccc(C)c(N2C(=O)C(Cl)=C(Nc3ccc(C(=O)Nc4nc(-c5ccc(N([O-])O)cc5)cs4)cc3)C2=O)c1. The molecular weight excluding hydrogens is 554 g/mol. The van der Waals surface area contributed by atoms with E-state index in [1.807, 2.05) is 26.0 Å². The molecule has 1 aliphatic rings. The first-order chi connectivity index (χ1) is 19.1. The van der Waals surface area contributed by atoms with E-state index >= 15 is 0 Å². The molecule has 0 spiro atoms. The van der Waals surface area contributed by atoms with Gasteiger partial charge in [0.2, 0.25) is 0 Å². The summed E-state index contributed by atoms with van der Waals surface area (Å²) in [7, 11) is 0. The van der Waals surface area contributed by atoms with Crippen molar-refractivity contribution in [2.45, 2.75) is 13.8 Å². The largest absolute Gasteiger partial charge is 0.733 e. The fourth-order valence-corrected chi connectivity index (χ4v) is 4.96. The van der Waals surface area contributed by atoms with E-state index in [1.165, 1.54) is 23.5 Å². The number of amides is 3. The molecule has 12 heteroatoms. The van der Waals surface area contributed by atoms with Gasteiger partial charge < -0.3 is 15.8 Å². The van der Waals surface area contributed by atoms with Gasteiger partial charge in [-0.2, -0.15) is 0 Å². The molecule has 0 unspecified atom stereocenters. The lowest BCUT2D eigenvalue weighted by Gasteiger charge is -2.21. The van der Waals surface area contributed by atoms with Crippen molar-refractivity contribution in [3.05, 3.63) is 105 Å². The highest BCUT2D eigenvalue weighted by atomic mass is 35.5. The van der Waals surface area contributed by atoms with Crippen LogP contribution in [0.15, 0.2) is 82.8 Å². The van der Waals surface area contributed by atoms with Crippen molar-refractivity contribution < 1.29 is 19.6 Å². The number of nitrogens with zero attached hydrogens (tertiary/aromatic N) is 3. The maximum Gasteiger partial charge on any atom is 0.283 e. The Labute approximate surface area is 237 Å². The van der Waals surface area contributed by atoms with Crippen LogP contribution in [-0.4, -0.2) is 27.9 Å². The average molecular weight is 575 g/mol. The van der Waals surface area contributed by atoms with Gasteiger partial charge in [0, 0.05) is 22.2 Å². The number of benzene rings is 3. The van der Waals surface area contributed by atoms with Crippen LogP contribution in [0.25, 0.3) is 11.3 Å². The van der Waals surface area contributed by atoms with Gasteiger partial charge in [0.1, 0.15) is 10.7 Å². The Morgan fingerprint density at radius 1 is 1.02 bits per heavy atom. The fourth-order valence-electron chi connectivity index (χ4n) is 4.03. The molecule has 0 radical (unpaired) electrons. The molecule has 3 aromatic carbocycles. The first-order valence-corrected chi connectivity index (χ1v) is 13.1. The van der Waals surface area contributed by atoms with E-state index in [-0.39, 0.29) is 21.6 Å². The Morgan fingerprint density at radius 3 is 2.40 bits per heavy atom. The number of nitrogens with one attached hydrogen (secondary N) is 2. The molecule has 3 N–H and O–H groups in total. The van der Waals surface area contributed by atoms with Crippen LogP contribution in [0.2, 0.25) is 0 Å². The summed E-state index contributed by atoms with van der Waals surface area (Å²) in [5.41, 5.74) is 4.29. The van der Waals surface area contributed by atoms with Gasteiger partial charge in [0.15, 0.2) is 5.13 Å². The third-order valence-electron chi connectivity index (χ3n) is 6.16. The highest BCUT2D eigenvalue weighted by molar-refractivity contribution is 7.14. The van der Waals surface area contributed by atoms with Crippen LogP contribution in [0.1, 0.15) is 21.5 Å². The van der Waals surface area contributed by atoms with Gasteiger partial charge in [-0.1, -0.05) is 35.9 Å². The summed E-state index contributed by atoms with van der Waals surface area (Å²) in [6, 6.07) is 18.0. The first-order valence-electron chi connectivity index (χ1n) is 11.9. The molecule has 0 saturated carbocycles. The zero-order chi connectivity index (χ0) is 28.6. The van der Waals surface area contributed by atoms with Crippen LogP contribution in [-0.2, 0) is 9.59 Å². The number of rotatable bonds is 7. The first kappa shape index (κ1) is 27.0. The molecule has 0 saturated heterocycles. The van der Waals surface area contributed by atoms with Crippen molar-refractivity contribution in [3.63, 3.8) is 0 Å². The van der Waals surface area contributed by atoms with Crippen LogP contribution in [0, 0.1) is 19.1 Å². The minimum absolute atomic E-state index is 0.0462. The van der Waals surface area contributed by atoms with Gasteiger partial charge in [-0.25, -0.2) is 9.88 Å². The zero-order valence-corrected chi connectivity index (χ0v) is 22.7. The smallest absolute Gasteiger partial charge is 0.283 e. The van der Waals surface area contributed by atoms with Gasteiger partial charge in [0.25, 0.3) is 17.7 Å². The van der Waals surface area contributed by atoms with Crippen LogP contribution in [0.5, 0.6) is 0 Å². The van der Waals surface area contributed by atoms with Crippen molar-refractivity contribution in [2.75, 3.05) is 20.8 Å². The predicted octanol–water partition coefficient (Wildman–Crippen LogP) is 5.81. The molecule has 5 rings (SSSR count). The van der Waals surface area contributed by atoms with E-state index in [2.05, 4.69) is 15.6 Å². The maximum absolute atomic E-state index is 13.1. The van der Waals surface area contributed by atoms with Crippen LogP contribution in [0.4, 0.5) is 22.2 Å². The molecule has 0 aliphatic carbocycles. The molecule has 4 aromatic rings. The lowest BCUT2D eigenvalue weighted by molar-refractivity contribution is -0.120. The number of hydrogen-bond acceptors (Lipinski definition) is 9. The van der Waals surface area contributed by atoms with Crippen molar-refractivity contribution in [2.24, 2.45) is 0 Å². The number of aromatic nitrogens is 1. The number of carbonyl (C=O) groups excluding carboxylic acids is 3. The summed E-state index contributed by atoms with van der Waals surface area (Å²) < 4.78 is 0. The number of carbonyl (C=O) groups is 3. The second-order valence-corrected chi connectivity index (χ2v) is 10.2. The Bertz CT molecular complexity index is 1670. The summed E-state index contributed by atoms with van der Waals surface area (Å²) in [5.74, 6) is -1.57. The van der Waals surface area contributed by atoms with Gasteiger partial charge in [-0.05, 0) is 67.4 Å². The number of imide groups is 1. The Hall–Kier alpha value is -4.55. The highest BCUT2D eigenvalue weighted by Crippen LogP contribution is 2.33. The van der Waals surface area contributed by atoms with Crippen molar-refractivity contribution in [3.8, 4) is 11.3 Å². The molecular formula is C28H21ClN5O5S-. The topological polar surface area (TPSA) is 138 Å². The lowest BCUT2D eigenvalue weighted by Crippen LogP contribution is -2.32. The molecule has 1 aromatic heterocycles. The number of aryl methyl sites for hydroxylation is 2. The molecule has 10 nitrogen and oxygen atoms in total. The number of halogens is 1. The summed E-state index contributed by atoms with van der Waals surface area (Å²) in [5, 5.41) is 27.2. The third kappa shape index (κ3) is 5.31. The van der Waals surface area contributed by atoms with Crippen molar-refractivity contribution >= 4 is 62.9 Å². The molecule has 0 bridgehead atoms. The summed E-state index contributed by atoms with van der Waals surface area (Å²) >= 11 is 7.49. The van der Waals surface area contributed by atoms with Crippen molar-refractivity contribution in [1.82, 2.24) is 4.98 Å². The molecule has 202 valence electrons. The number of hydrogen-bond donors (Lipinski definition) is 3. The fraction of sp³-hybridized carbons (Fsp3) is 0.0714. The van der Waals surface area contributed by atoms with Crippen LogP contribution >= 0.6 is 22.9 Å². The molecule has 2 heterocycles. The van der Waals surface area contributed by atoms with Gasteiger partial charge >= 0.3 is 0 Å². The minimum atomic E-state index is -0.613. The third-order valence-corrected chi connectivity index (χ3v) is 7.27. The van der Waals surface area contributed by atoms with Crippen LogP contribution < -0.4 is 20.8 Å². The Balaban J connectivity index is 1.25. The summed E-state index contributed by atoms with van der Waals surface area (Å²) in [4.78, 5) is 44.2. The maximum atomic E-state index is 13.1. The minimum Gasteiger partial charge on any atom is -0.733 e. The Kier molecular flexibility index (Phi) is 7.37. The normalized spacial score (nSPS) is 13.2. The standard InChI is InChI=1S/C28H21ClN5O5S/c1-15-3-4-16(2)22(13-15)33-26(36)23(29)24(27(33)37)30-19-9-5-18(6-10-19)25(35)32-28-31-21(14-40-28)17-7-11-20(12-8-17)34(38)39/h3-14,30,38H,1-2H3,(H,31,32,35)/q-1. The summed E-state index contributed by atoms with van der Waals surface area (Å²) in [6.45, 7) is 3.68. The second kappa shape index (κ2) is 10.9. The van der Waals surface area contributed by atoms with E-state index in [0.717, 1.165) is 16.0 Å². The van der Waals surface area contributed by atoms with E-state index in [1.54, 1.807) is 47.8 Å². The lowest BCUT2D eigenvalue weighted by atomic mass is 10.1. The average Bonchev–Trinajstić information content (AvgIpc) is 3.49. The van der Waals surface area contributed by atoms with Crippen molar-refractivity contribution in [1.29, 1.82) is 0 Å². The molecule has 3 amide bonds. The van der Waals surface area contributed by atoms with Crippen LogP contribution in [0.3, 0.4) is 0 Å². The second-order valence-electron chi connectivity index (χ2n) is 8.94. The number of anilines is 4. The van der Waals surface area contributed by atoms with Gasteiger partial charge in [-0.3, -0.25) is 24.9 Å². The summed E-state index contributed by atoms with van der Waals surface area (Å²) in [6.07, 6.45) is 0. The van der Waals surface area contributed by atoms with E-state index < -0.39 is 17.7 Å².